The van der Waals surface area contributed by atoms with Gasteiger partial charge in [0.2, 0.25) is 0 Å². The molecule has 2 saturated heterocycles. The Balaban J connectivity index is 0.00000171. The highest BCUT2D eigenvalue weighted by Gasteiger charge is 2.43. The van der Waals surface area contributed by atoms with Crippen LogP contribution in [0.4, 0.5) is 4.79 Å². The lowest BCUT2D eigenvalue weighted by molar-refractivity contribution is 0.121. The number of carbonyl (C=O) groups is 1. The molecule has 0 spiro atoms. The van der Waals surface area contributed by atoms with Crippen LogP contribution in [-0.4, -0.2) is 48.8 Å². The molecule has 0 aromatic heterocycles. The minimum absolute atomic E-state index is 0. The van der Waals surface area contributed by atoms with Crippen LogP contribution < -0.4 is 10.6 Å². The van der Waals surface area contributed by atoms with Crippen LogP contribution in [0.1, 0.15) is 29.0 Å². The number of benzene rings is 3. The first-order chi connectivity index (χ1) is 16.3. The maximum atomic E-state index is 12.5. The number of nitrogens with one attached hydrogen (secondary N) is 2. The third-order valence-corrected chi connectivity index (χ3v) is 6.85. The smallest absolute Gasteiger partial charge is 0.407 e. The summed E-state index contributed by atoms with van der Waals surface area (Å²) < 4.78 is 5.47. The molecule has 35 heavy (non-hydrogen) atoms. The number of piperazine rings is 1. The molecule has 0 unspecified atom stereocenters. The van der Waals surface area contributed by atoms with Crippen molar-refractivity contribution in [1.82, 2.24) is 15.5 Å². The third kappa shape index (κ3) is 6.56. The number of hydrogen-bond donors (Lipinski definition) is 2. The molecule has 3 aromatic rings. The Morgan fingerprint density at radius 1 is 0.886 bits per heavy atom. The van der Waals surface area contributed by atoms with Gasteiger partial charge in [-0.15, -0.1) is 24.8 Å². The molecule has 7 heteroatoms. The Morgan fingerprint density at radius 3 is 2.06 bits per heavy atom. The number of fused-ring (bicyclic) bond motifs is 1. The van der Waals surface area contributed by atoms with Crippen LogP contribution >= 0.6 is 24.8 Å². The van der Waals surface area contributed by atoms with Crippen LogP contribution in [-0.2, 0) is 11.3 Å². The summed E-state index contributed by atoms with van der Waals surface area (Å²) in [5.41, 5.74) is 3.65. The number of amides is 1. The molecule has 0 bridgehead atoms. The summed E-state index contributed by atoms with van der Waals surface area (Å²) in [6.45, 7) is 3.01. The van der Waals surface area contributed by atoms with Crippen molar-refractivity contribution in [2.24, 2.45) is 0 Å². The number of rotatable bonds is 6. The molecule has 5 rings (SSSR count). The van der Waals surface area contributed by atoms with E-state index < -0.39 is 0 Å². The van der Waals surface area contributed by atoms with Crippen molar-refractivity contribution in [2.45, 2.75) is 37.1 Å². The largest absolute Gasteiger partial charge is 0.445 e. The van der Waals surface area contributed by atoms with E-state index in [0.717, 1.165) is 31.6 Å². The summed E-state index contributed by atoms with van der Waals surface area (Å²) in [5, 5.41) is 6.78. The molecule has 0 aliphatic carbocycles. The van der Waals surface area contributed by atoms with Gasteiger partial charge in [0.1, 0.15) is 6.61 Å². The molecular formula is C28H33Cl2N3O2. The Morgan fingerprint density at radius 2 is 1.46 bits per heavy atom. The first kappa shape index (κ1) is 27.0. The van der Waals surface area contributed by atoms with E-state index in [-0.39, 0.29) is 42.9 Å². The number of ether oxygens (including phenoxy) is 1. The van der Waals surface area contributed by atoms with E-state index in [9.17, 15) is 4.79 Å². The standard InChI is InChI=1S/C28H31N3O2.2ClH/c32-28(33-20-21-10-4-1-5-11-21)30-24-16-25-17-29-18-26(31(25)19-24)27(22-12-6-2-7-13-22)23-14-8-3-9-15-23;;/h1-15,24-27,29H,16-20H2,(H,30,32);2*1H/t24-,25-,26-;;/m0../s1. The Bertz CT molecular complexity index is 1000. The van der Waals surface area contributed by atoms with Crippen LogP contribution in [0.2, 0.25) is 0 Å². The van der Waals surface area contributed by atoms with Gasteiger partial charge in [-0.2, -0.15) is 0 Å². The van der Waals surface area contributed by atoms with Gasteiger partial charge >= 0.3 is 6.09 Å². The maximum Gasteiger partial charge on any atom is 0.407 e. The minimum Gasteiger partial charge on any atom is -0.445 e. The monoisotopic (exact) mass is 513 g/mol. The van der Waals surface area contributed by atoms with E-state index in [4.69, 9.17) is 4.74 Å². The second-order valence-electron chi connectivity index (χ2n) is 9.01. The van der Waals surface area contributed by atoms with Crippen LogP contribution in [0.3, 0.4) is 0 Å². The molecule has 0 radical (unpaired) electrons. The normalized spacial score (nSPS) is 21.3. The quantitative estimate of drug-likeness (QED) is 0.486. The minimum atomic E-state index is -0.337. The second-order valence-corrected chi connectivity index (χ2v) is 9.01. The summed E-state index contributed by atoms with van der Waals surface area (Å²) in [6, 6.07) is 32.2. The molecule has 3 atom stereocenters. The number of hydrogen-bond acceptors (Lipinski definition) is 4. The topological polar surface area (TPSA) is 53.6 Å². The van der Waals surface area contributed by atoms with Gasteiger partial charge in [0, 0.05) is 43.7 Å². The van der Waals surface area contributed by atoms with Gasteiger partial charge < -0.3 is 15.4 Å². The summed E-state index contributed by atoms with van der Waals surface area (Å²) in [4.78, 5) is 15.1. The van der Waals surface area contributed by atoms with Gasteiger partial charge in [0.25, 0.3) is 0 Å². The number of alkyl carbamates (subject to hydrolysis) is 1. The lowest BCUT2D eigenvalue weighted by Crippen LogP contribution is -2.57. The molecule has 2 N–H and O–H groups in total. The average molecular weight is 514 g/mol. The van der Waals surface area contributed by atoms with Crippen molar-refractivity contribution < 1.29 is 9.53 Å². The van der Waals surface area contributed by atoms with Gasteiger partial charge in [0.05, 0.1) is 0 Å². The lowest BCUT2D eigenvalue weighted by atomic mass is 9.83. The first-order valence-corrected chi connectivity index (χ1v) is 11.8. The average Bonchev–Trinajstić information content (AvgIpc) is 3.28. The molecule has 1 amide bonds. The summed E-state index contributed by atoms with van der Waals surface area (Å²) >= 11 is 0. The molecular weight excluding hydrogens is 481 g/mol. The SMILES string of the molecule is Cl.Cl.O=C(N[C@H]1C[C@H]2CNC[C@@H](C(c3ccccc3)c3ccccc3)N2C1)OCc1ccccc1. The highest BCUT2D eigenvalue weighted by molar-refractivity contribution is 5.85. The molecule has 186 valence electrons. The predicted molar refractivity (Wildman–Crippen MR) is 145 cm³/mol. The van der Waals surface area contributed by atoms with Crippen molar-refractivity contribution in [3.05, 3.63) is 108 Å². The molecule has 2 heterocycles. The summed E-state index contributed by atoms with van der Waals surface area (Å²) in [5.74, 6) is 0.270. The van der Waals surface area contributed by atoms with E-state index in [1.165, 1.54) is 11.1 Å². The van der Waals surface area contributed by atoms with Gasteiger partial charge in [-0.25, -0.2) is 4.79 Å². The van der Waals surface area contributed by atoms with E-state index in [1.807, 2.05) is 30.3 Å². The van der Waals surface area contributed by atoms with Crippen LogP contribution in [0.5, 0.6) is 0 Å². The molecule has 2 aliphatic heterocycles. The third-order valence-electron chi connectivity index (χ3n) is 6.85. The van der Waals surface area contributed by atoms with E-state index in [2.05, 4.69) is 76.2 Å². The van der Waals surface area contributed by atoms with Crippen molar-refractivity contribution in [3.63, 3.8) is 0 Å². The van der Waals surface area contributed by atoms with Crippen LogP contribution in [0.15, 0.2) is 91.0 Å². The van der Waals surface area contributed by atoms with Gasteiger partial charge in [0.15, 0.2) is 0 Å². The van der Waals surface area contributed by atoms with Gasteiger partial charge in [-0.05, 0) is 23.1 Å². The van der Waals surface area contributed by atoms with Crippen molar-refractivity contribution in [3.8, 4) is 0 Å². The molecule has 3 aromatic carbocycles. The molecule has 5 nitrogen and oxygen atoms in total. The summed E-state index contributed by atoms with van der Waals surface area (Å²) in [6.07, 6.45) is 0.594. The van der Waals surface area contributed by atoms with E-state index in [0.29, 0.717) is 18.7 Å². The van der Waals surface area contributed by atoms with Crippen molar-refractivity contribution >= 4 is 30.9 Å². The van der Waals surface area contributed by atoms with Crippen LogP contribution in [0, 0.1) is 0 Å². The van der Waals surface area contributed by atoms with Crippen molar-refractivity contribution in [1.29, 1.82) is 0 Å². The van der Waals surface area contributed by atoms with Crippen LogP contribution in [0.25, 0.3) is 0 Å². The number of carbonyl (C=O) groups excluding carboxylic acids is 1. The van der Waals surface area contributed by atoms with E-state index in [1.54, 1.807) is 0 Å². The lowest BCUT2D eigenvalue weighted by Gasteiger charge is -2.42. The zero-order valence-electron chi connectivity index (χ0n) is 19.6. The fourth-order valence-corrected chi connectivity index (χ4v) is 5.37. The van der Waals surface area contributed by atoms with Gasteiger partial charge in [-0.3, -0.25) is 4.90 Å². The number of nitrogens with zero attached hydrogens (tertiary/aromatic N) is 1. The number of halogens is 2. The van der Waals surface area contributed by atoms with E-state index >= 15 is 0 Å². The maximum absolute atomic E-state index is 12.5. The molecule has 2 fully saturated rings. The Kier molecular flexibility index (Phi) is 9.99. The second kappa shape index (κ2) is 12.9. The first-order valence-electron chi connectivity index (χ1n) is 11.8. The fourth-order valence-electron chi connectivity index (χ4n) is 5.37. The van der Waals surface area contributed by atoms with Gasteiger partial charge in [-0.1, -0.05) is 91.0 Å². The highest BCUT2D eigenvalue weighted by Crippen LogP contribution is 2.35. The molecule has 2 aliphatic rings. The fraction of sp³-hybridized carbons (Fsp3) is 0.321. The Hall–Kier alpha value is -2.57. The predicted octanol–water partition coefficient (Wildman–Crippen LogP) is 5.00. The van der Waals surface area contributed by atoms with Crippen molar-refractivity contribution in [2.75, 3.05) is 19.6 Å². The zero-order valence-corrected chi connectivity index (χ0v) is 21.2. The summed E-state index contributed by atoms with van der Waals surface area (Å²) in [7, 11) is 0. The zero-order chi connectivity index (χ0) is 22.5. The highest BCUT2D eigenvalue weighted by atomic mass is 35.5. The Labute approximate surface area is 220 Å². The molecule has 0 saturated carbocycles.